The van der Waals surface area contributed by atoms with E-state index in [2.05, 4.69) is 256 Å². The first-order chi connectivity index (χ1) is 32.6. The summed E-state index contributed by atoms with van der Waals surface area (Å²) in [6.45, 7) is 12.0. The fourth-order valence-electron chi connectivity index (χ4n) is 9.54. The molecule has 0 amide bonds. The number of benzene rings is 8. The van der Waals surface area contributed by atoms with Gasteiger partial charge in [0.25, 0.3) is 0 Å². The number of hydrogen-bond acceptors (Lipinski definition) is 5. The Bertz CT molecular complexity index is 3250. The second kappa shape index (κ2) is 17.3. The minimum Gasteiger partial charge on any atom is -0.0579 e. The van der Waals surface area contributed by atoms with Gasteiger partial charge in [-0.3, -0.25) is 0 Å². The third kappa shape index (κ3) is 8.05. The molecule has 67 heavy (non-hydrogen) atoms. The van der Waals surface area contributed by atoms with Gasteiger partial charge in [0.15, 0.2) is 0 Å². The minimum absolute atomic E-state index is 0.0679. The molecular weight excluding hydrogens is 932 g/mol. The number of anilines is 7. The van der Waals surface area contributed by atoms with Gasteiger partial charge in [-0.05, 0) is 22.1 Å². The average Bonchev–Trinajstić information content (AvgIpc) is 3.75. The van der Waals surface area contributed by atoms with Crippen molar-refractivity contribution < 1.29 is 4.74 Å². The summed E-state index contributed by atoms with van der Waals surface area (Å²) in [6.07, 6.45) is 1.96. The molecule has 0 fully saturated rings. The third-order valence-electron chi connectivity index (χ3n) is 13.3. The summed E-state index contributed by atoms with van der Waals surface area (Å²) in [4.78, 5) is 12.3. The second-order valence-electron chi connectivity index (χ2n) is 18.9. The second-order valence-corrected chi connectivity index (χ2v) is 22.0. The van der Waals surface area contributed by atoms with Gasteiger partial charge < -0.3 is 0 Å². The van der Waals surface area contributed by atoms with Crippen molar-refractivity contribution in [3.8, 4) is 33.8 Å². The van der Waals surface area contributed by atoms with Crippen molar-refractivity contribution in [2.24, 2.45) is 0 Å². The molecule has 0 unspecified atom stereocenters. The Morgan fingerprint density at radius 3 is 1.81 bits per heavy atom. The van der Waals surface area contributed by atoms with Crippen molar-refractivity contribution in [1.29, 1.82) is 0 Å². The number of pyridine rings is 1. The normalized spacial score (nSPS) is 13.2. The summed E-state index contributed by atoms with van der Waals surface area (Å²) >= 11 is -0.652. The summed E-state index contributed by atoms with van der Waals surface area (Å²) in [5, 5.41) is 0. The van der Waals surface area contributed by atoms with Crippen LogP contribution in [-0.4, -0.2) is 32.6 Å². The SMILES string of the molecule is CC(C)(C)c1ccc(-c2cccc(-c3ccccc3)c2N2CN(c3cccc(Oc4ccc5c(c4)N(c4cc(C(C)(C)c6ccccc6)ccn4)c4ccccc4[Te]5)c3)c3ccccc32)cc1. The number of para-hydroxylation sites is 4. The Balaban J connectivity index is 0.940. The molecule has 0 atom stereocenters. The molecule has 11 rings (SSSR count). The quantitative estimate of drug-likeness (QED) is 0.135. The van der Waals surface area contributed by atoms with Crippen LogP contribution < -0.4 is 26.7 Å². The van der Waals surface area contributed by atoms with Gasteiger partial charge >= 0.3 is 275 Å². The molecule has 0 N–H and O–H groups in total. The number of rotatable bonds is 9. The number of fused-ring (bicyclic) bond motifs is 3. The molecule has 9 aromatic rings. The summed E-state index contributed by atoms with van der Waals surface area (Å²) in [6, 6.07) is 74.5. The largest absolute Gasteiger partial charge is 0.0579 e. The Kier molecular flexibility index (Phi) is 11.0. The minimum atomic E-state index is -0.652. The first-order valence-corrected chi connectivity index (χ1v) is 25.4. The van der Waals surface area contributed by atoms with Gasteiger partial charge in [0.1, 0.15) is 0 Å². The van der Waals surface area contributed by atoms with E-state index in [0.717, 1.165) is 40.1 Å². The fraction of sp³-hybridized carbons (Fsp3) is 0.131. The molecule has 0 bridgehead atoms. The molecule has 2 aliphatic heterocycles. The number of nitrogens with zero attached hydrogens (tertiary/aromatic N) is 4. The van der Waals surface area contributed by atoms with E-state index in [1.54, 1.807) is 0 Å². The summed E-state index contributed by atoms with van der Waals surface area (Å²) in [5.74, 6) is 2.47. The number of ether oxygens (including phenoxy) is 1. The Morgan fingerprint density at radius 2 is 1.07 bits per heavy atom. The number of aromatic nitrogens is 1. The van der Waals surface area contributed by atoms with Crippen molar-refractivity contribution in [2.45, 2.75) is 45.4 Å². The van der Waals surface area contributed by atoms with Crippen LogP contribution in [0.3, 0.4) is 0 Å². The van der Waals surface area contributed by atoms with E-state index < -0.39 is 20.9 Å². The van der Waals surface area contributed by atoms with Crippen molar-refractivity contribution in [2.75, 3.05) is 21.4 Å². The van der Waals surface area contributed by atoms with Crippen LogP contribution in [0.2, 0.25) is 0 Å². The predicted molar refractivity (Wildman–Crippen MR) is 281 cm³/mol. The topological polar surface area (TPSA) is 31.8 Å². The van der Waals surface area contributed by atoms with E-state index in [4.69, 9.17) is 9.72 Å². The van der Waals surface area contributed by atoms with Crippen molar-refractivity contribution in [3.05, 3.63) is 229 Å². The maximum Gasteiger partial charge on any atom is -0.0540 e. The Hall–Kier alpha value is -7.10. The standard InChI is InChI=1S/C61H52N4OTe/c1-60(2,3)44-32-30-43(31-33-44)51-25-17-24-50(42-18-8-6-9-19-42)59(51)64-41-63(52-26-12-13-27-53(52)64)47-22-16-23-48(39-47)66-49-34-35-57-55(40-49)65(54-28-14-15-29-56(54)67-57)58-38-46(36-37-62-58)61(4,5)45-20-10-7-11-21-45/h6-40H,41H2,1-5H3. The zero-order valence-corrected chi connectivity index (χ0v) is 40.9. The van der Waals surface area contributed by atoms with Gasteiger partial charge in [-0.25, -0.2) is 0 Å². The summed E-state index contributed by atoms with van der Waals surface area (Å²) in [7, 11) is 0. The molecule has 1 aromatic heterocycles. The average molecular weight is 985 g/mol. The Labute approximate surface area is 405 Å². The van der Waals surface area contributed by atoms with Gasteiger partial charge in [0.05, 0.1) is 0 Å². The van der Waals surface area contributed by atoms with Crippen molar-refractivity contribution >= 4 is 68.1 Å². The molecule has 3 heterocycles. The van der Waals surface area contributed by atoms with Crippen LogP contribution >= 0.6 is 0 Å². The van der Waals surface area contributed by atoms with Gasteiger partial charge in [-0.15, -0.1) is 0 Å². The van der Waals surface area contributed by atoms with Gasteiger partial charge in [0, 0.05) is 11.1 Å². The van der Waals surface area contributed by atoms with Crippen LogP contribution in [0.4, 0.5) is 39.9 Å². The molecule has 0 radical (unpaired) electrons. The Morgan fingerprint density at radius 1 is 0.463 bits per heavy atom. The van der Waals surface area contributed by atoms with E-state index in [1.165, 1.54) is 57.5 Å². The van der Waals surface area contributed by atoms with Crippen molar-refractivity contribution in [3.63, 3.8) is 0 Å². The molecule has 8 aromatic carbocycles. The molecular formula is C61H52N4OTe. The molecule has 6 heteroatoms. The number of hydrogen-bond donors (Lipinski definition) is 0. The monoisotopic (exact) mass is 986 g/mol. The molecule has 0 saturated heterocycles. The fourth-order valence-corrected chi connectivity index (χ4v) is 12.5. The van der Waals surface area contributed by atoms with Crippen LogP contribution in [0.15, 0.2) is 212 Å². The molecule has 0 aliphatic carbocycles. The molecule has 328 valence electrons. The summed E-state index contributed by atoms with van der Waals surface area (Å²) < 4.78 is 9.62. The van der Waals surface area contributed by atoms with E-state index in [0.29, 0.717) is 6.67 Å². The van der Waals surface area contributed by atoms with Crippen molar-refractivity contribution in [1.82, 2.24) is 4.98 Å². The maximum atomic E-state index is 6.87. The maximum absolute atomic E-state index is 6.87. The first-order valence-electron chi connectivity index (χ1n) is 23.0. The predicted octanol–water partition coefficient (Wildman–Crippen LogP) is 14.5. The third-order valence-corrected chi connectivity index (χ3v) is 16.5. The van der Waals surface area contributed by atoms with Crippen LogP contribution in [0, 0.1) is 0 Å². The molecule has 0 spiro atoms. The molecule has 0 saturated carbocycles. The van der Waals surface area contributed by atoms with Crippen LogP contribution in [0.5, 0.6) is 11.5 Å². The van der Waals surface area contributed by atoms with E-state index in [-0.39, 0.29) is 10.8 Å². The van der Waals surface area contributed by atoms with Gasteiger partial charge in [0.2, 0.25) is 0 Å². The molecule has 2 aliphatic rings. The van der Waals surface area contributed by atoms with E-state index in [9.17, 15) is 0 Å². The molecule has 5 nitrogen and oxygen atoms in total. The van der Waals surface area contributed by atoms with Gasteiger partial charge in [-0.2, -0.15) is 0 Å². The van der Waals surface area contributed by atoms with Crippen LogP contribution in [0.25, 0.3) is 22.3 Å². The van der Waals surface area contributed by atoms with E-state index >= 15 is 0 Å². The van der Waals surface area contributed by atoms with Gasteiger partial charge in [-0.1, -0.05) is 99.6 Å². The summed E-state index contributed by atoms with van der Waals surface area (Å²) in [5.41, 5.74) is 15.3. The first kappa shape index (κ1) is 42.5. The zero-order chi connectivity index (χ0) is 45.7. The smallest absolute Gasteiger partial charge is 0.0540 e. The van der Waals surface area contributed by atoms with Crippen LogP contribution in [-0.2, 0) is 10.8 Å². The van der Waals surface area contributed by atoms with Crippen LogP contribution in [0.1, 0.15) is 51.3 Å². The zero-order valence-electron chi connectivity index (χ0n) is 38.5. The van der Waals surface area contributed by atoms with E-state index in [1.807, 2.05) is 6.20 Å².